The molecule has 0 heterocycles. The number of hydrogen-bond acceptors (Lipinski definition) is 3. The highest BCUT2D eigenvalue weighted by molar-refractivity contribution is 7.98. The summed E-state index contributed by atoms with van der Waals surface area (Å²) in [7, 11) is 0. The zero-order valence-electron chi connectivity index (χ0n) is 10.2. The fraction of sp³-hybridized carbons (Fsp3) is 0.133. The average molecular weight is 257 g/mol. The molecule has 2 aromatic rings. The van der Waals surface area contributed by atoms with Crippen LogP contribution in [0.2, 0.25) is 0 Å². The van der Waals surface area contributed by atoms with E-state index in [1.807, 2.05) is 60.9 Å². The van der Waals surface area contributed by atoms with Gasteiger partial charge >= 0.3 is 0 Å². The average Bonchev–Trinajstić information content (AvgIpc) is 2.46. The summed E-state index contributed by atoms with van der Waals surface area (Å²) in [6.45, 7) is 0. The molecule has 0 unspecified atom stereocenters. The van der Waals surface area contributed by atoms with E-state index in [9.17, 15) is 0 Å². The van der Waals surface area contributed by atoms with Crippen molar-refractivity contribution in [3.8, 4) is 0 Å². The summed E-state index contributed by atoms with van der Waals surface area (Å²) >= 11 is 1.70. The van der Waals surface area contributed by atoms with Gasteiger partial charge < -0.3 is 5.21 Å². The van der Waals surface area contributed by atoms with Gasteiger partial charge in [-0.2, -0.15) is 0 Å². The van der Waals surface area contributed by atoms with E-state index in [0.717, 1.165) is 11.1 Å². The van der Waals surface area contributed by atoms with Gasteiger partial charge in [0.15, 0.2) is 0 Å². The van der Waals surface area contributed by atoms with Crippen LogP contribution >= 0.6 is 11.8 Å². The largest absolute Gasteiger partial charge is 0.411 e. The molecule has 3 heteroatoms. The van der Waals surface area contributed by atoms with Crippen molar-refractivity contribution in [3.63, 3.8) is 0 Å². The van der Waals surface area contributed by atoms with Crippen LogP contribution in [0.1, 0.15) is 11.1 Å². The minimum absolute atomic E-state index is 0.635. The monoisotopic (exact) mass is 257 g/mol. The molecule has 0 fully saturated rings. The molecule has 0 aliphatic heterocycles. The third kappa shape index (κ3) is 3.14. The number of hydrogen-bond donors (Lipinski definition) is 1. The molecule has 1 N–H and O–H groups in total. The SMILES string of the molecule is CSc1ccc(C(Cc2ccccc2)=NO)cc1. The molecule has 0 radical (unpaired) electrons. The quantitative estimate of drug-likeness (QED) is 0.391. The third-order valence-electron chi connectivity index (χ3n) is 2.76. The molecule has 2 aromatic carbocycles. The predicted molar refractivity (Wildman–Crippen MR) is 76.7 cm³/mol. The minimum Gasteiger partial charge on any atom is -0.411 e. The normalized spacial score (nSPS) is 11.5. The van der Waals surface area contributed by atoms with E-state index in [-0.39, 0.29) is 0 Å². The van der Waals surface area contributed by atoms with E-state index in [2.05, 4.69) is 5.16 Å². The summed E-state index contributed by atoms with van der Waals surface area (Å²) in [4.78, 5) is 1.20. The van der Waals surface area contributed by atoms with Crippen LogP contribution < -0.4 is 0 Å². The molecule has 0 bridgehead atoms. The molecule has 0 amide bonds. The molecule has 0 spiro atoms. The Labute approximate surface area is 111 Å². The summed E-state index contributed by atoms with van der Waals surface area (Å²) in [5.41, 5.74) is 2.78. The van der Waals surface area contributed by atoms with Crippen molar-refractivity contribution < 1.29 is 5.21 Å². The van der Waals surface area contributed by atoms with Crippen LogP contribution in [0.4, 0.5) is 0 Å². The van der Waals surface area contributed by atoms with Gasteiger partial charge in [-0.1, -0.05) is 47.6 Å². The second kappa shape index (κ2) is 6.26. The van der Waals surface area contributed by atoms with Crippen LogP contribution in [0.25, 0.3) is 0 Å². The van der Waals surface area contributed by atoms with Gasteiger partial charge in [0.05, 0.1) is 5.71 Å². The Balaban J connectivity index is 2.18. The van der Waals surface area contributed by atoms with E-state index >= 15 is 0 Å². The van der Waals surface area contributed by atoms with E-state index in [1.165, 1.54) is 4.90 Å². The first kappa shape index (κ1) is 12.7. The maximum Gasteiger partial charge on any atom is 0.0911 e. The second-order valence-corrected chi connectivity index (χ2v) is 4.82. The topological polar surface area (TPSA) is 32.6 Å². The van der Waals surface area contributed by atoms with Crippen molar-refractivity contribution in [2.45, 2.75) is 11.3 Å². The van der Waals surface area contributed by atoms with Crippen LogP contribution in [0.3, 0.4) is 0 Å². The van der Waals surface area contributed by atoms with E-state index in [0.29, 0.717) is 12.1 Å². The molecule has 0 atom stereocenters. The zero-order chi connectivity index (χ0) is 12.8. The van der Waals surface area contributed by atoms with Crippen molar-refractivity contribution in [3.05, 3.63) is 65.7 Å². The molecular weight excluding hydrogens is 242 g/mol. The lowest BCUT2D eigenvalue weighted by Crippen LogP contribution is -2.05. The van der Waals surface area contributed by atoms with Crippen molar-refractivity contribution in [1.29, 1.82) is 0 Å². The Bertz CT molecular complexity index is 520. The van der Waals surface area contributed by atoms with Crippen LogP contribution in [-0.2, 0) is 6.42 Å². The molecule has 0 aliphatic carbocycles. The summed E-state index contributed by atoms with van der Waals surface area (Å²) < 4.78 is 0. The summed E-state index contributed by atoms with van der Waals surface area (Å²) in [6.07, 6.45) is 2.68. The van der Waals surface area contributed by atoms with Gasteiger partial charge in [-0.15, -0.1) is 11.8 Å². The fourth-order valence-electron chi connectivity index (χ4n) is 1.77. The smallest absolute Gasteiger partial charge is 0.0911 e. The Morgan fingerprint density at radius 1 is 1.06 bits per heavy atom. The second-order valence-electron chi connectivity index (χ2n) is 3.94. The first-order valence-corrected chi connectivity index (χ1v) is 6.95. The summed E-state index contributed by atoms with van der Waals surface area (Å²) in [5.74, 6) is 0. The predicted octanol–water partition coefficient (Wildman–Crippen LogP) is 3.83. The highest BCUT2D eigenvalue weighted by Crippen LogP contribution is 2.16. The number of rotatable bonds is 4. The van der Waals surface area contributed by atoms with Gasteiger partial charge in [0.25, 0.3) is 0 Å². The Morgan fingerprint density at radius 3 is 2.28 bits per heavy atom. The molecule has 92 valence electrons. The summed E-state index contributed by atoms with van der Waals surface area (Å²) in [6, 6.07) is 18.1. The maximum absolute atomic E-state index is 9.15. The lowest BCUT2D eigenvalue weighted by atomic mass is 10.0. The lowest BCUT2D eigenvalue weighted by Gasteiger charge is -2.05. The Hall–Kier alpha value is -1.74. The highest BCUT2D eigenvalue weighted by Gasteiger charge is 2.05. The van der Waals surface area contributed by atoms with Crippen LogP contribution in [0, 0.1) is 0 Å². The first-order valence-electron chi connectivity index (χ1n) is 5.73. The van der Waals surface area contributed by atoms with Gasteiger partial charge in [-0.05, 0) is 29.5 Å². The number of thioether (sulfide) groups is 1. The van der Waals surface area contributed by atoms with Crippen molar-refractivity contribution in [2.24, 2.45) is 5.16 Å². The van der Waals surface area contributed by atoms with E-state index < -0.39 is 0 Å². The number of benzene rings is 2. The molecule has 0 saturated heterocycles. The first-order chi connectivity index (χ1) is 8.83. The third-order valence-corrected chi connectivity index (χ3v) is 3.50. The van der Waals surface area contributed by atoms with E-state index in [1.54, 1.807) is 11.8 Å². The molecule has 18 heavy (non-hydrogen) atoms. The number of nitrogens with zero attached hydrogens (tertiary/aromatic N) is 1. The van der Waals surface area contributed by atoms with Crippen molar-refractivity contribution >= 4 is 17.5 Å². The van der Waals surface area contributed by atoms with Gasteiger partial charge in [0, 0.05) is 11.3 Å². The highest BCUT2D eigenvalue weighted by atomic mass is 32.2. The molecule has 2 nitrogen and oxygen atoms in total. The van der Waals surface area contributed by atoms with Gasteiger partial charge in [-0.25, -0.2) is 0 Å². The van der Waals surface area contributed by atoms with Gasteiger partial charge in [-0.3, -0.25) is 0 Å². The molecule has 2 rings (SSSR count). The van der Waals surface area contributed by atoms with Gasteiger partial charge in [0.2, 0.25) is 0 Å². The maximum atomic E-state index is 9.15. The van der Waals surface area contributed by atoms with E-state index in [4.69, 9.17) is 5.21 Å². The Morgan fingerprint density at radius 2 is 1.72 bits per heavy atom. The molecule has 0 aliphatic rings. The van der Waals surface area contributed by atoms with Crippen molar-refractivity contribution in [2.75, 3.05) is 6.26 Å². The standard InChI is InChI=1S/C15H15NOS/c1-18-14-9-7-13(8-10-14)15(16-17)11-12-5-3-2-4-6-12/h2-10,17H,11H2,1H3. The van der Waals surface area contributed by atoms with Gasteiger partial charge in [0.1, 0.15) is 0 Å². The zero-order valence-corrected chi connectivity index (χ0v) is 11.0. The van der Waals surface area contributed by atoms with Crippen LogP contribution in [-0.4, -0.2) is 17.2 Å². The minimum atomic E-state index is 0.635. The molecule has 0 saturated carbocycles. The lowest BCUT2D eigenvalue weighted by molar-refractivity contribution is 0.318. The molecule has 0 aromatic heterocycles. The van der Waals surface area contributed by atoms with Crippen LogP contribution in [0.15, 0.2) is 64.6 Å². The Kier molecular flexibility index (Phi) is 4.42. The number of oxime groups is 1. The summed E-state index contributed by atoms with van der Waals surface area (Å²) in [5, 5.41) is 12.6. The fourth-order valence-corrected chi connectivity index (χ4v) is 2.18. The van der Waals surface area contributed by atoms with Crippen molar-refractivity contribution in [1.82, 2.24) is 0 Å². The van der Waals surface area contributed by atoms with Crippen LogP contribution in [0.5, 0.6) is 0 Å². The molecular formula is C15H15NOS.